The summed E-state index contributed by atoms with van der Waals surface area (Å²) in [6.07, 6.45) is 0. The first-order valence-corrected chi connectivity index (χ1v) is 8.07. The van der Waals surface area contributed by atoms with Crippen LogP contribution in [0.3, 0.4) is 0 Å². The highest BCUT2D eigenvalue weighted by Crippen LogP contribution is 2.63. The molecule has 0 aliphatic heterocycles. The van der Waals surface area contributed by atoms with Gasteiger partial charge in [-0.15, -0.1) is 11.3 Å². The molecular weight excluding hydrogens is 288 g/mol. The van der Waals surface area contributed by atoms with Gasteiger partial charge in [0.15, 0.2) is 9.90 Å². The third kappa shape index (κ3) is 2.07. The van der Waals surface area contributed by atoms with Crippen molar-refractivity contribution in [1.29, 1.82) is 0 Å². The van der Waals surface area contributed by atoms with E-state index >= 15 is 0 Å². The molecule has 6 nitrogen and oxygen atoms in total. The molecule has 1 aromatic heterocycles. The number of nitrogens with one attached hydrogen (secondary N) is 1. The Labute approximate surface area is 115 Å². The quantitative estimate of drug-likeness (QED) is 0.880. The Morgan fingerprint density at radius 3 is 2.32 bits per heavy atom. The largest absolute Gasteiger partial charge is 0.476 e. The second-order valence-electron chi connectivity index (χ2n) is 5.79. The topological polar surface area (TPSA) is 96.4 Å². The van der Waals surface area contributed by atoms with Crippen LogP contribution in [0.2, 0.25) is 0 Å². The van der Waals surface area contributed by atoms with Crippen molar-refractivity contribution in [2.24, 2.45) is 10.8 Å². The number of sulfonamides is 1. The van der Waals surface area contributed by atoms with Crippen LogP contribution in [0.25, 0.3) is 0 Å². The van der Waals surface area contributed by atoms with E-state index in [9.17, 15) is 13.2 Å². The molecule has 1 fully saturated rings. The third-order valence-corrected chi connectivity index (χ3v) is 7.07. The Morgan fingerprint density at radius 2 is 1.89 bits per heavy atom. The van der Waals surface area contributed by atoms with Crippen LogP contribution < -0.4 is 4.72 Å². The zero-order chi connectivity index (χ0) is 14.6. The van der Waals surface area contributed by atoms with Gasteiger partial charge in [-0.25, -0.2) is 22.9 Å². The molecule has 0 atom stereocenters. The molecular formula is C11H16N2O4S2. The van der Waals surface area contributed by atoms with Crippen molar-refractivity contribution in [3.8, 4) is 0 Å². The summed E-state index contributed by atoms with van der Waals surface area (Å²) in [4.78, 5) is 14.5. The van der Waals surface area contributed by atoms with Gasteiger partial charge in [0.25, 0.3) is 10.0 Å². The molecule has 106 valence electrons. The maximum atomic E-state index is 12.2. The zero-order valence-corrected chi connectivity index (χ0v) is 12.7. The molecule has 1 saturated carbocycles. The van der Waals surface area contributed by atoms with Gasteiger partial charge in [0, 0.05) is 6.04 Å². The monoisotopic (exact) mass is 304 g/mol. The molecule has 0 spiro atoms. The van der Waals surface area contributed by atoms with E-state index in [2.05, 4.69) is 9.71 Å². The number of thiazole rings is 1. The Kier molecular flexibility index (Phi) is 3.04. The molecule has 1 aliphatic carbocycles. The SMILES string of the molecule is CC1(C)C(NS(=O)(=O)c2scnc2C(=O)O)C1(C)C. The van der Waals surface area contributed by atoms with Crippen molar-refractivity contribution in [2.45, 2.75) is 37.9 Å². The average molecular weight is 304 g/mol. The maximum absolute atomic E-state index is 12.2. The average Bonchev–Trinajstić information content (AvgIpc) is 2.71. The highest BCUT2D eigenvalue weighted by Gasteiger charge is 2.66. The Hall–Kier alpha value is -0.990. The lowest BCUT2D eigenvalue weighted by Gasteiger charge is -2.06. The predicted molar refractivity (Wildman–Crippen MR) is 70.7 cm³/mol. The van der Waals surface area contributed by atoms with Crippen LogP contribution in [0, 0.1) is 10.8 Å². The second-order valence-corrected chi connectivity index (χ2v) is 8.56. The number of carboxylic acid groups (broad SMARTS) is 1. The molecule has 19 heavy (non-hydrogen) atoms. The number of carboxylic acids is 1. The minimum Gasteiger partial charge on any atom is -0.476 e. The van der Waals surface area contributed by atoms with Crippen molar-refractivity contribution in [3.05, 3.63) is 11.2 Å². The van der Waals surface area contributed by atoms with Crippen LogP contribution in [-0.4, -0.2) is 30.5 Å². The van der Waals surface area contributed by atoms with E-state index < -0.39 is 21.7 Å². The lowest BCUT2D eigenvalue weighted by Crippen LogP contribution is -2.30. The van der Waals surface area contributed by atoms with Gasteiger partial charge in [0.2, 0.25) is 0 Å². The Balaban J connectivity index is 2.31. The molecule has 0 saturated heterocycles. The van der Waals surface area contributed by atoms with Crippen LogP contribution in [-0.2, 0) is 10.0 Å². The van der Waals surface area contributed by atoms with Crippen LogP contribution in [0.5, 0.6) is 0 Å². The fraction of sp³-hybridized carbons (Fsp3) is 0.636. The number of rotatable bonds is 4. The van der Waals surface area contributed by atoms with E-state index in [1.54, 1.807) is 0 Å². The minimum atomic E-state index is -3.85. The predicted octanol–water partition coefficient (Wildman–Crippen LogP) is 1.55. The lowest BCUT2D eigenvalue weighted by atomic mass is 10.0. The molecule has 1 heterocycles. The van der Waals surface area contributed by atoms with Crippen molar-refractivity contribution >= 4 is 27.3 Å². The molecule has 2 rings (SSSR count). The summed E-state index contributed by atoms with van der Waals surface area (Å²) in [5, 5.41) is 8.92. The number of hydrogen-bond acceptors (Lipinski definition) is 5. The molecule has 0 amide bonds. The van der Waals surface area contributed by atoms with Gasteiger partial charge in [-0.3, -0.25) is 0 Å². The molecule has 0 radical (unpaired) electrons. The highest BCUT2D eigenvalue weighted by atomic mass is 32.2. The maximum Gasteiger partial charge on any atom is 0.356 e. The fourth-order valence-corrected chi connectivity index (χ4v) is 4.96. The smallest absolute Gasteiger partial charge is 0.356 e. The van der Waals surface area contributed by atoms with Gasteiger partial charge >= 0.3 is 5.97 Å². The van der Waals surface area contributed by atoms with Crippen LogP contribution in [0.1, 0.15) is 38.2 Å². The summed E-state index contributed by atoms with van der Waals surface area (Å²) >= 11 is 0.812. The van der Waals surface area contributed by atoms with E-state index in [0.29, 0.717) is 0 Å². The van der Waals surface area contributed by atoms with Crippen LogP contribution in [0.15, 0.2) is 9.72 Å². The first-order chi connectivity index (χ1) is 8.52. The summed E-state index contributed by atoms with van der Waals surface area (Å²) in [5.41, 5.74) is 0.484. The minimum absolute atomic E-state index is 0.159. The molecule has 0 bridgehead atoms. The number of carbonyl (C=O) groups is 1. The zero-order valence-electron chi connectivity index (χ0n) is 11.1. The van der Waals surface area contributed by atoms with Gasteiger partial charge in [-0.1, -0.05) is 27.7 Å². The van der Waals surface area contributed by atoms with Gasteiger partial charge in [-0.2, -0.15) is 0 Å². The summed E-state index contributed by atoms with van der Waals surface area (Å²) in [6, 6.07) is -0.214. The van der Waals surface area contributed by atoms with Gasteiger partial charge in [0.05, 0.1) is 5.51 Å². The van der Waals surface area contributed by atoms with E-state index in [-0.39, 0.29) is 21.1 Å². The summed E-state index contributed by atoms with van der Waals surface area (Å²) in [5.74, 6) is -1.34. The van der Waals surface area contributed by atoms with Gasteiger partial charge in [-0.05, 0) is 10.8 Å². The van der Waals surface area contributed by atoms with Crippen molar-refractivity contribution in [1.82, 2.24) is 9.71 Å². The number of hydrogen-bond donors (Lipinski definition) is 2. The van der Waals surface area contributed by atoms with E-state index in [1.807, 2.05) is 27.7 Å². The number of aromatic carboxylic acids is 1. The van der Waals surface area contributed by atoms with Crippen LogP contribution in [0.4, 0.5) is 0 Å². The van der Waals surface area contributed by atoms with Crippen molar-refractivity contribution in [2.75, 3.05) is 0 Å². The first kappa shape index (κ1) is 14.4. The summed E-state index contributed by atoms with van der Waals surface area (Å²) in [7, 11) is -3.85. The van der Waals surface area contributed by atoms with Crippen LogP contribution >= 0.6 is 11.3 Å². The van der Waals surface area contributed by atoms with Gasteiger partial charge in [0.1, 0.15) is 0 Å². The normalized spacial score (nSPS) is 21.3. The molecule has 8 heteroatoms. The van der Waals surface area contributed by atoms with E-state index in [0.717, 1.165) is 11.3 Å². The Morgan fingerprint density at radius 1 is 1.37 bits per heavy atom. The number of aromatic nitrogens is 1. The lowest BCUT2D eigenvalue weighted by molar-refractivity contribution is 0.0687. The second kappa shape index (κ2) is 4.00. The van der Waals surface area contributed by atoms with Crippen molar-refractivity contribution < 1.29 is 18.3 Å². The molecule has 0 unspecified atom stereocenters. The first-order valence-electron chi connectivity index (χ1n) is 5.71. The fourth-order valence-electron chi connectivity index (χ4n) is 2.27. The van der Waals surface area contributed by atoms with Crippen molar-refractivity contribution in [3.63, 3.8) is 0 Å². The molecule has 1 aliphatic rings. The highest BCUT2D eigenvalue weighted by molar-refractivity contribution is 7.91. The van der Waals surface area contributed by atoms with E-state index in [4.69, 9.17) is 5.11 Å². The van der Waals surface area contributed by atoms with E-state index in [1.165, 1.54) is 5.51 Å². The molecule has 1 aromatic rings. The van der Waals surface area contributed by atoms with Gasteiger partial charge < -0.3 is 5.11 Å². The molecule has 2 N–H and O–H groups in total. The number of nitrogens with zero attached hydrogens (tertiary/aromatic N) is 1. The standard InChI is InChI=1S/C11H16N2O4S2/c1-10(2)9(11(10,3)4)13-19(16,17)8-6(7(14)15)12-5-18-8/h5,9,13H,1-4H3,(H,14,15). The summed E-state index contributed by atoms with van der Waals surface area (Å²) in [6.45, 7) is 7.91. The Bertz CT molecular complexity index is 617. The molecule has 0 aromatic carbocycles. The summed E-state index contributed by atoms with van der Waals surface area (Å²) < 4.78 is 26.8. The third-order valence-electron chi connectivity index (χ3n) is 4.28.